The quantitative estimate of drug-likeness (QED) is 0.517. The van der Waals surface area contributed by atoms with Crippen molar-refractivity contribution >= 4 is 23.7 Å². The number of piperidine rings is 1. The minimum atomic E-state index is -5.08. The van der Waals surface area contributed by atoms with Crippen LogP contribution < -0.4 is 10.6 Å². The third-order valence-electron chi connectivity index (χ3n) is 6.71. The molecule has 0 bridgehead atoms. The van der Waals surface area contributed by atoms with Gasteiger partial charge in [-0.2, -0.15) is 13.2 Å². The molecule has 0 radical (unpaired) electrons. The van der Waals surface area contributed by atoms with E-state index in [4.69, 9.17) is 9.90 Å². The molecule has 1 atom stereocenters. The second-order valence-electron chi connectivity index (χ2n) is 9.26. The summed E-state index contributed by atoms with van der Waals surface area (Å²) in [6, 6.07) is 13.7. The van der Waals surface area contributed by atoms with Crippen molar-refractivity contribution in [1.29, 1.82) is 0 Å². The van der Waals surface area contributed by atoms with E-state index in [-0.39, 0.29) is 24.1 Å². The summed E-state index contributed by atoms with van der Waals surface area (Å²) in [4.78, 5) is 49.8. The standard InChI is InChI=1S/C24H26N4O3.C2HF3O2/c29-22-9-8-21(23(30)26-22)28-15-20-18(2-1-3-19(20)24(28)31)17-6-4-16(5-7-17)14-27-12-10-25-11-13-27;3-2(4,5)1(6)7/h1-7,21,25H,8-15H2,(H,26,29,30);(H,6,7). The van der Waals surface area contributed by atoms with Crippen molar-refractivity contribution in [3.05, 3.63) is 59.2 Å². The molecule has 38 heavy (non-hydrogen) atoms. The van der Waals surface area contributed by atoms with Crippen LogP contribution in [0.5, 0.6) is 0 Å². The predicted octanol–water partition coefficient (Wildman–Crippen LogP) is 2.15. The Hall–Kier alpha value is -3.77. The molecule has 5 rings (SSSR count). The van der Waals surface area contributed by atoms with Gasteiger partial charge in [0.05, 0.1) is 0 Å². The van der Waals surface area contributed by atoms with Gasteiger partial charge in [0.25, 0.3) is 5.91 Å². The normalized spacial score (nSPS) is 19.9. The van der Waals surface area contributed by atoms with Gasteiger partial charge in [-0.1, -0.05) is 36.4 Å². The highest BCUT2D eigenvalue weighted by Gasteiger charge is 2.40. The first-order valence-electron chi connectivity index (χ1n) is 12.1. The minimum absolute atomic E-state index is 0.137. The first-order chi connectivity index (χ1) is 18.0. The van der Waals surface area contributed by atoms with E-state index in [0.29, 0.717) is 18.5 Å². The number of piperazine rings is 1. The number of carbonyl (C=O) groups excluding carboxylic acids is 3. The van der Waals surface area contributed by atoms with Gasteiger partial charge in [-0.05, 0) is 34.7 Å². The van der Waals surface area contributed by atoms with E-state index in [1.54, 1.807) is 4.90 Å². The molecule has 2 fully saturated rings. The number of carboxylic acid groups (broad SMARTS) is 1. The average Bonchev–Trinajstić information content (AvgIpc) is 3.21. The van der Waals surface area contributed by atoms with E-state index in [1.165, 1.54) is 5.56 Å². The number of rotatable bonds is 4. The highest BCUT2D eigenvalue weighted by molar-refractivity contribution is 6.06. The second-order valence-corrected chi connectivity index (χ2v) is 9.26. The number of hydrogen-bond acceptors (Lipinski definition) is 6. The summed E-state index contributed by atoms with van der Waals surface area (Å²) >= 11 is 0. The number of imide groups is 1. The zero-order valence-corrected chi connectivity index (χ0v) is 20.4. The van der Waals surface area contributed by atoms with Crippen LogP contribution in [0.25, 0.3) is 11.1 Å². The smallest absolute Gasteiger partial charge is 0.475 e. The van der Waals surface area contributed by atoms with Crippen LogP contribution in [0.4, 0.5) is 13.2 Å². The average molecular weight is 533 g/mol. The Labute approximate surface area is 216 Å². The fraction of sp³-hybridized carbons (Fsp3) is 0.385. The molecular formula is C26H27F3N4O5. The number of amides is 3. The molecule has 0 aromatic heterocycles. The number of halogens is 3. The maximum Gasteiger partial charge on any atom is 0.490 e. The Morgan fingerprint density at radius 1 is 1.00 bits per heavy atom. The highest BCUT2D eigenvalue weighted by Crippen LogP contribution is 2.35. The van der Waals surface area contributed by atoms with Gasteiger partial charge in [-0.25, -0.2) is 4.79 Å². The number of aliphatic carboxylic acids is 1. The lowest BCUT2D eigenvalue weighted by molar-refractivity contribution is -0.192. The molecule has 0 saturated carbocycles. The molecule has 3 N–H and O–H groups in total. The molecule has 202 valence electrons. The van der Waals surface area contributed by atoms with Crippen LogP contribution in [0.1, 0.15) is 34.3 Å². The number of nitrogens with one attached hydrogen (secondary N) is 2. The van der Waals surface area contributed by atoms with Crippen LogP contribution >= 0.6 is 0 Å². The predicted molar refractivity (Wildman–Crippen MR) is 130 cm³/mol. The highest BCUT2D eigenvalue weighted by atomic mass is 19.4. The van der Waals surface area contributed by atoms with Gasteiger partial charge in [-0.15, -0.1) is 0 Å². The summed E-state index contributed by atoms with van der Waals surface area (Å²) in [7, 11) is 0. The van der Waals surface area contributed by atoms with Gasteiger partial charge in [0.15, 0.2) is 0 Å². The van der Waals surface area contributed by atoms with E-state index in [9.17, 15) is 27.6 Å². The van der Waals surface area contributed by atoms with Crippen molar-refractivity contribution < 1.29 is 37.5 Å². The topological polar surface area (TPSA) is 119 Å². The molecule has 2 saturated heterocycles. The maximum absolute atomic E-state index is 13.0. The molecule has 0 aliphatic carbocycles. The molecule has 3 amide bonds. The van der Waals surface area contributed by atoms with Gasteiger partial charge in [0.2, 0.25) is 11.8 Å². The van der Waals surface area contributed by atoms with Crippen molar-refractivity contribution in [1.82, 2.24) is 20.4 Å². The molecule has 0 spiro atoms. The molecule has 2 aromatic rings. The number of fused-ring (bicyclic) bond motifs is 1. The summed E-state index contributed by atoms with van der Waals surface area (Å²) in [6.45, 7) is 5.52. The molecular weight excluding hydrogens is 505 g/mol. The van der Waals surface area contributed by atoms with Crippen LogP contribution in [0.15, 0.2) is 42.5 Å². The summed E-state index contributed by atoms with van der Waals surface area (Å²) in [5.74, 6) is -3.54. The van der Waals surface area contributed by atoms with Crippen LogP contribution in [-0.2, 0) is 27.5 Å². The number of carbonyl (C=O) groups is 4. The van der Waals surface area contributed by atoms with E-state index in [0.717, 1.165) is 49.4 Å². The van der Waals surface area contributed by atoms with Crippen molar-refractivity contribution in [3.8, 4) is 11.1 Å². The lowest BCUT2D eigenvalue weighted by Gasteiger charge is -2.29. The Morgan fingerprint density at radius 3 is 2.24 bits per heavy atom. The summed E-state index contributed by atoms with van der Waals surface area (Å²) in [6.07, 6.45) is -4.45. The molecule has 3 aliphatic heterocycles. The van der Waals surface area contributed by atoms with Gasteiger partial charge in [0.1, 0.15) is 6.04 Å². The SMILES string of the molecule is O=C(O)C(F)(F)F.O=C1CCC(N2Cc3c(cccc3-c3ccc(CN4CCNCC4)cc3)C2=O)C(=O)N1. The van der Waals surface area contributed by atoms with Crippen LogP contribution in [-0.4, -0.2) is 77.0 Å². The molecule has 9 nitrogen and oxygen atoms in total. The maximum atomic E-state index is 13.0. The third kappa shape index (κ3) is 6.20. The second kappa shape index (κ2) is 11.3. The lowest BCUT2D eigenvalue weighted by atomic mass is 9.96. The monoisotopic (exact) mass is 532 g/mol. The fourth-order valence-corrected chi connectivity index (χ4v) is 4.77. The van der Waals surface area contributed by atoms with Gasteiger partial charge in [-0.3, -0.25) is 24.6 Å². The van der Waals surface area contributed by atoms with Crippen molar-refractivity contribution in [3.63, 3.8) is 0 Å². The summed E-state index contributed by atoms with van der Waals surface area (Å²) in [5, 5.41) is 12.9. The fourth-order valence-electron chi connectivity index (χ4n) is 4.77. The molecule has 3 heterocycles. The van der Waals surface area contributed by atoms with E-state index < -0.39 is 18.2 Å². The molecule has 2 aromatic carbocycles. The van der Waals surface area contributed by atoms with Crippen LogP contribution in [0, 0.1) is 0 Å². The molecule has 12 heteroatoms. The van der Waals surface area contributed by atoms with Crippen molar-refractivity contribution in [2.75, 3.05) is 26.2 Å². The van der Waals surface area contributed by atoms with Gasteiger partial charge >= 0.3 is 12.1 Å². The molecule has 1 unspecified atom stereocenters. The summed E-state index contributed by atoms with van der Waals surface area (Å²) in [5.41, 5.74) is 4.96. The van der Waals surface area contributed by atoms with E-state index in [2.05, 4.69) is 39.8 Å². The van der Waals surface area contributed by atoms with Crippen molar-refractivity contribution in [2.45, 2.75) is 38.1 Å². The number of nitrogens with zero attached hydrogens (tertiary/aromatic N) is 2. The first-order valence-corrected chi connectivity index (χ1v) is 12.1. The minimum Gasteiger partial charge on any atom is -0.475 e. The zero-order chi connectivity index (χ0) is 27.4. The Morgan fingerprint density at radius 2 is 1.63 bits per heavy atom. The lowest BCUT2D eigenvalue weighted by Crippen LogP contribution is -2.52. The number of benzene rings is 2. The Kier molecular flexibility index (Phi) is 8.12. The Bertz CT molecular complexity index is 1230. The van der Waals surface area contributed by atoms with Crippen molar-refractivity contribution in [2.24, 2.45) is 0 Å². The first kappa shape index (κ1) is 27.3. The summed E-state index contributed by atoms with van der Waals surface area (Å²) < 4.78 is 31.7. The largest absolute Gasteiger partial charge is 0.490 e. The number of carboxylic acids is 1. The van der Waals surface area contributed by atoms with Crippen LogP contribution in [0.2, 0.25) is 0 Å². The van der Waals surface area contributed by atoms with Crippen LogP contribution in [0.3, 0.4) is 0 Å². The van der Waals surface area contributed by atoms with Gasteiger partial charge in [0, 0.05) is 51.3 Å². The third-order valence-corrected chi connectivity index (χ3v) is 6.71. The Balaban J connectivity index is 0.000000426. The number of hydrogen-bond donors (Lipinski definition) is 3. The number of alkyl halides is 3. The molecule has 3 aliphatic rings. The van der Waals surface area contributed by atoms with E-state index in [1.807, 2.05) is 18.2 Å². The zero-order valence-electron chi connectivity index (χ0n) is 20.4. The van der Waals surface area contributed by atoms with Gasteiger partial charge < -0.3 is 15.3 Å². The van der Waals surface area contributed by atoms with E-state index >= 15 is 0 Å².